The lowest BCUT2D eigenvalue weighted by molar-refractivity contribution is 0.207. The van der Waals surface area contributed by atoms with E-state index in [0.29, 0.717) is 6.61 Å². The summed E-state index contributed by atoms with van der Waals surface area (Å²) < 4.78 is 5.34. The highest BCUT2D eigenvalue weighted by molar-refractivity contribution is 5.36. The average molecular weight is 235 g/mol. The Hall–Kier alpha value is -1.06. The van der Waals surface area contributed by atoms with E-state index in [0.717, 1.165) is 31.7 Å². The number of hydrogen-bond acceptors (Lipinski definition) is 3. The maximum Gasteiger partial charge on any atom is 0.123 e. The lowest BCUT2D eigenvalue weighted by atomic mass is 10.1. The summed E-state index contributed by atoms with van der Waals surface area (Å²) in [6.07, 6.45) is 2.28. The molecule has 0 saturated heterocycles. The molecular formula is C14H21NO2. The second-order valence-corrected chi connectivity index (χ2v) is 5.08. The van der Waals surface area contributed by atoms with Gasteiger partial charge in [0.15, 0.2) is 0 Å². The first-order chi connectivity index (χ1) is 8.19. The van der Waals surface area contributed by atoms with Gasteiger partial charge in [0, 0.05) is 30.7 Å². The highest BCUT2D eigenvalue weighted by Crippen LogP contribution is 2.44. The number of hydrogen-bond donors (Lipinski definition) is 2. The summed E-state index contributed by atoms with van der Waals surface area (Å²) >= 11 is 0. The number of nitrogens with one attached hydrogen (secondary N) is 1. The Morgan fingerprint density at radius 1 is 1.41 bits per heavy atom. The van der Waals surface area contributed by atoms with Gasteiger partial charge in [-0.2, -0.15) is 0 Å². The third-order valence-electron chi connectivity index (χ3n) is 3.54. The van der Waals surface area contributed by atoms with Gasteiger partial charge >= 0.3 is 0 Å². The van der Waals surface area contributed by atoms with Crippen LogP contribution in [0, 0.1) is 12.3 Å². The average Bonchev–Trinajstić information content (AvgIpc) is 3.10. The van der Waals surface area contributed by atoms with E-state index >= 15 is 0 Å². The second kappa shape index (κ2) is 5.07. The first-order valence-electron chi connectivity index (χ1n) is 6.14. The number of aryl methyl sites for hydroxylation is 1. The fourth-order valence-electron chi connectivity index (χ4n) is 2.08. The molecule has 0 unspecified atom stereocenters. The molecule has 0 spiro atoms. The van der Waals surface area contributed by atoms with Crippen molar-refractivity contribution in [2.45, 2.75) is 26.3 Å². The van der Waals surface area contributed by atoms with Gasteiger partial charge in [0.25, 0.3) is 0 Å². The van der Waals surface area contributed by atoms with Crippen LogP contribution in [0.15, 0.2) is 18.2 Å². The Kier molecular flexibility index (Phi) is 3.69. The van der Waals surface area contributed by atoms with E-state index in [1.165, 1.54) is 11.1 Å². The Balaban J connectivity index is 1.91. The van der Waals surface area contributed by atoms with Crippen LogP contribution in [0.1, 0.15) is 24.0 Å². The molecule has 1 aliphatic carbocycles. The van der Waals surface area contributed by atoms with Crippen molar-refractivity contribution in [1.82, 2.24) is 5.32 Å². The van der Waals surface area contributed by atoms with E-state index in [-0.39, 0.29) is 5.41 Å². The molecule has 1 fully saturated rings. The lowest BCUT2D eigenvalue weighted by Crippen LogP contribution is -2.26. The van der Waals surface area contributed by atoms with Crippen molar-refractivity contribution < 1.29 is 9.84 Å². The fraction of sp³-hybridized carbons (Fsp3) is 0.571. The lowest BCUT2D eigenvalue weighted by Gasteiger charge is -2.14. The summed E-state index contributed by atoms with van der Waals surface area (Å²) in [5.74, 6) is 0.928. The molecular weight excluding hydrogens is 214 g/mol. The van der Waals surface area contributed by atoms with Gasteiger partial charge in [-0.25, -0.2) is 0 Å². The topological polar surface area (TPSA) is 41.5 Å². The Labute approximate surface area is 103 Å². The van der Waals surface area contributed by atoms with Gasteiger partial charge in [-0.1, -0.05) is 17.7 Å². The SMILES string of the molecule is COc1ccc(C)cc1CNCC1(CO)CC1. The molecule has 3 nitrogen and oxygen atoms in total. The summed E-state index contributed by atoms with van der Waals surface area (Å²) in [4.78, 5) is 0. The zero-order valence-corrected chi connectivity index (χ0v) is 10.6. The van der Waals surface area contributed by atoms with Crippen LogP contribution in [0.2, 0.25) is 0 Å². The third-order valence-corrected chi connectivity index (χ3v) is 3.54. The molecule has 2 rings (SSSR count). The Morgan fingerprint density at radius 3 is 2.76 bits per heavy atom. The Bertz CT molecular complexity index is 386. The molecule has 3 heteroatoms. The predicted molar refractivity (Wildman–Crippen MR) is 68.2 cm³/mol. The van der Waals surface area contributed by atoms with Crippen molar-refractivity contribution in [3.63, 3.8) is 0 Å². The monoisotopic (exact) mass is 235 g/mol. The number of rotatable bonds is 6. The van der Waals surface area contributed by atoms with Gasteiger partial charge in [0.1, 0.15) is 5.75 Å². The number of benzene rings is 1. The molecule has 17 heavy (non-hydrogen) atoms. The summed E-state index contributed by atoms with van der Waals surface area (Å²) in [7, 11) is 1.70. The van der Waals surface area contributed by atoms with E-state index in [1.54, 1.807) is 7.11 Å². The third kappa shape index (κ3) is 2.99. The first kappa shape index (κ1) is 12.4. The van der Waals surface area contributed by atoms with Crippen LogP contribution in [0.4, 0.5) is 0 Å². The van der Waals surface area contributed by atoms with Gasteiger partial charge in [-0.15, -0.1) is 0 Å². The molecule has 0 aromatic heterocycles. The minimum absolute atomic E-state index is 0.164. The summed E-state index contributed by atoms with van der Waals surface area (Å²) in [5, 5.41) is 12.7. The largest absolute Gasteiger partial charge is 0.496 e. The highest BCUT2D eigenvalue weighted by Gasteiger charge is 2.41. The molecule has 1 saturated carbocycles. The van der Waals surface area contributed by atoms with Crippen molar-refractivity contribution in [3.05, 3.63) is 29.3 Å². The van der Waals surface area contributed by atoms with Crippen LogP contribution in [0.3, 0.4) is 0 Å². The minimum Gasteiger partial charge on any atom is -0.496 e. The second-order valence-electron chi connectivity index (χ2n) is 5.08. The quantitative estimate of drug-likeness (QED) is 0.791. The smallest absolute Gasteiger partial charge is 0.123 e. The van der Waals surface area contributed by atoms with Crippen LogP contribution in [0.25, 0.3) is 0 Å². The molecule has 2 N–H and O–H groups in total. The number of aliphatic hydroxyl groups is 1. The molecule has 1 aromatic carbocycles. The highest BCUT2D eigenvalue weighted by atomic mass is 16.5. The number of ether oxygens (including phenoxy) is 1. The maximum atomic E-state index is 9.23. The van der Waals surface area contributed by atoms with Crippen molar-refractivity contribution in [1.29, 1.82) is 0 Å². The molecule has 1 aliphatic rings. The summed E-state index contributed by atoms with van der Waals surface area (Å²) in [6, 6.07) is 6.20. The van der Waals surface area contributed by atoms with Crippen LogP contribution in [-0.2, 0) is 6.54 Å². The van der Waals surface area contributed by atoms with E-state index < -0.39 is 0 Å². The summed E-state index contributed by atoms with van der Waals surface area (Å²) in [6.45, 7) is 4.07. The minimum atomic E-state index is 0.164. The molecule has 0 aliphatic heterocycles. The number of aliphatic hydroxyl groups excluding tert-OH is 1. The zero-order valence-electron chi connectivity index (χ0n) is 10.6. The van der Waals surface area contributed by atoms with Crippen molar-refractivity contribution in [3.8, 4) is 5.75 Å². The first-order valence-corrected chi connectivity index (χ1v) is 6.14. The van der Waals surface area contributed by atoms with Crippen molar-refractivity contribution in [2.24, 2.45) is 5.41 Å². The van der Waals surface area contributed by atoms with E-state index in [1.807, 2.05) is 6.07 Å². The molecule has 0 bridgehead atoms. The van der Waals surface area contributed by atoms with Crippen LogP contribution in [-0.4, -0.2) is 25.4 Å². The molecule has 0 atom stereocenters. The van der Waals surface area contributed by atoms with E-state index in [2.05, 4.69) is 24.4 Å². The summed E-state index contributed by atoms with van der Waals surface area (Å²) in [5.41, 5.74) is 2.59. The van der Waals surface area contributed by atoms with Gasteiger partial charge in [0.2, 0.25) is 0 Å². The van der Waals surface area contributed by atoms with Gasteiger partial charge in [-0.3, -0.25) is 0 Å². The molecule has 0 amide bonds. The predicted octanol–water partition coefficient (Wildman–Crippen LogP) is 1.87. The molecule has 0 radical (unpaired) electrons. The number of methoxy groups -OCH3 is 1. The van der Waals surface area contributed by atoms with E-state index in [4.69, 9.17) is 4.74 Å². The molecule has 0 heterocycles. The standard InChI is InChI=1S/C14H21NO2/c1-11-3-4-13(17-2)12(7-11)8-15-9-14(10-16)5-6-14/h3-4,7,15-16H,5-6,8-10H2,1-2H3. The van der Waals surface area contributed by atoms with Gasteiger partial charge in [0.05, 0.1) is 7.11 Å². The van der Waals surface area contributed by atoms with Crippen LogP contribution < -0.4 is 10.1 Å². The van der Waals surface area contributed by atoms with Gasteiger partial charge < -0.3 is 15.2 Å². The fourth-order valence-corrected chi connectivity index (χ4v) is 2.08. The molecule has 94 valence electrons. The van der Waals surface area contributed by atoms with Gasteiger partial charge in [-0.05, 0) is 25.8 Å². The Morgan fingerprint density at radius 2 is 2.18 bits per heavy atom. The normalized spacial score (nSPS) is 16.9. The zero-order chi connectivity index (χ0) is 12.3. The van der Waals surface area contributed by atoms with Crippen molar-refractivity contribution >= 4 is 0 Å². The van der Waals surface area contributed by atoms with Crippen molar-refractivity contribution in [2.75, 3.05) is 20.3 Å². The maximum absolute atomic E-state index is 9.23. The van der Waals surface area contributed by atoms with Crippen LogP contribution in [0.5, 0.6) is 5.75 Å². The van der Waals surface area contributed by atoms with Crippen LogP contribution >= 0.6 is 0 Å². The molecule has 1 aromatic rings. The van der Waals surface area contributed by atoms with E-state index in [9.17, 15) is 5.11 Å².